The number of ketones is 1. The SMILES string of the molecule is Cc1nn2ccccc2c1C(=O)C1=CN(C(=O)Nc2ccc(Cl)cc2)CCC1. The smallest absolute Gasteiger partial charge is 0.308 e. The molecule has 6 nitrogen and oxygen atoms in total. The molecule has 1 N–H and O–H groups in total. The molecule has 142 valence electrons. The zero-order valence-corrected chi connectivity index (χ0v) is 16.1. The third-order valence-electron chi connectivity index (χ3n) is 4.75. The Morgan fingerprint density at radius 1 is 1.14 bits per heavy atom. The van der Waals surface area contributed by atoms with Gasteiger partial charge in [0.2, 0.25) is 0 Å². The van der Waals surface area contributed by atoms with E-state index >= 15 is 0 Å². The van der Waals surface area contributed by atoms with Crippen LogP contribution < -0.4 is 5.32 Å². The highest BCUT2D eigenvalue weighted by Crippen LogP contribution is 2.24. The standard InChI is InChI=1S/C21H19ClN4O2/c1-14-19(18-6-2-3-12-26(18)24-14)20(27)15-5-4-11-25(13-15)21(28)23-17-9-7-16(22)8-10-17/h2-3,6-10,12-13H,4-5,11H2,1H3,(H,23,28). The number of nitrogens with one attached hydrogen (secondary N) is 1. The highest BCUT2D eigenvalue weighted by molar-refractivity contribution is 6.30. The van der Waals surface area contributed by atoms with E-state index in [4.69, 9.17) is 11.6 Å². The zero-order valence-electron chi connectivity index (χ0n) is 15.4. The van der Waals surface area contributed by atoms with E-state index in [-0.39, 0.29) is 11.8 Å². The molecule has 1 aliphatic heterocycles. The molecule has 2 aromatic heterocycles. The Morgan fingerprint density at radius 2 is 1.93 bits per heavy atom. The molecule has 7 heteroatoms. The van der Waals surface area contributed by atoms with Gasteiger partial charge in [-0.25, -0.2) is 9.31 Å². The van der Waals surface area contributed by atoms with Gasteiger partial charge >= 0.3 is 6.03 Å². The number of urea groups is 1. The molecule has 0 atom stereocenters. The number of carbonyl (C=O) groups excluding carboxylic acids is 2. The van der Waals surface area contributed by atoms with Crippen molar-refractivity contribution in [1.82, 2.24) is 14.5 Å². The summed E-state index contributed by atoms with van der Waals surface area (Å²) in [6.07, 6.45) is 4.83. The van der Waals surface area contributed by atoms with Gasteiger partial charge in [-0.1, -0.05) is 17.7 Å². The molecule has 3 aromatic rings. The van der Waals surface area contributed by atoms with Gasteiger partial charge < -0.3 is 10.2 Å². The number of rotatable bonds is 3. The maximum absolute atomic E-state index is 13.2. The van der Waals surface area contributed by atoms with E-state index in [2.05, 4.69) is 10.4 Å². The molecular weight excluding hydrogens is 376 g/mol. The third-order valence-corrected chi connectivity index (χ3v) is 5.00. The molecule has 3 heterocycles. The highest BCUT2D eigenvalue weighted by Gasteiger charge is 2.25. The van der Waals surface area contributed by atoms with Crippen LogP contribution in [-0.4, -0.2) is 32.9 Å². The number of aromatic nitrogens is 2. The number of benzene rings is 1. The molecule has 2 amide bonds. The molecule has 0 radical (unpaired) electrons. The number of Topliss-reactive ketones (excluding diaryl/α,β-unsaturated/α-hetero) is 1. The van der Waals surface area contributed by atoms with Crippen molar-refractivity contribution in [2.45, 2.75) is 19.8 Å². The van der Waals surface area contributed by atoms with Gasteiger partial charge in [0.15, 0.2) is 5.78 Å². The predicted molar refractivity (Wildman–Crippen MR) is 109 cm³/mol. The topological polar surface area (TPSA) is 66.7 Å². The van der Waals surface area contributed by atoms with Gasteiger partial charge in [0.1, 0.15) is 0 Å². The Kier molecular flexibility index (Phi) is 4.88. The monoisotopic (exact) mass is 394 g/mol. The van der Waals surface area contributed by atoms with Crippen molar-refractivity contribution in [1.29, 1.82) is 0 Å². The van der Waals surface area contributed by atoms with Gasteiger partial charge in [-0.05, 0) is 56.2 Å². The summed E-state index contributed by atoms with van der Waals surface area (Å²) in [7, 11) is 0. The van der Waals surface area contributed by atoms with Gasteiger partial charge in [0.05, 0.1) is 16.8 Å². The number of halogens is 1. The van der Waals surface area contributed by atoms with Gasteiger partial charge in [0.25, 0.3) is 0 Å². The zero-order chi connectivity index (χ0) is 19.7. The van der Waals surface area contributed by atoms with Crippen LogP contribution in [0.5, 0.6) is 0 Å². The minimum absolute atomic E-state index is 0.0808. The van der Waals surface area contributed by atoms with Gasteiger partial charge in [-0.3, -0.25) is 4.79 Å². The predicted octanol–water partition coefficient (Wildman–Crippen LogP) is 4.69. The van der Waals surface area contributed by atoms with Gasteiger partial charge in [-0.2, -0.15) is 5.10 Å². The summed E-state index contributed by atoms with van der Waals surface area (Å²) in [5, 5.41) is 7.85. The summed E-state index contributed by atoms with van der Waals surface area (Å²) in [5.41, 5.74) is 3.30. The lowest BCUT2D eigenvalue weighted by molar-refractivity contribution is 0.102. The Hall–Kier alpha value is -3.12. The Bertz CT molecular complexity index is 1090. The fourth-order valence-electron chi connectivity index (χ4n) is 3.38. The molecular formula is C21H19ClN4O2. The van der Waals surface area contributed by atoms with Crippen molar-refractivity contribution in [2.24, 2.45) is 0 Å². The maximum atomic E-state index is 13.2. The van der Waals surface area contributed by atoms with E-state index in [1.165, 1.54) is 0 Å². The summed E-state index contributed by atoms with van der Waals surface area (Å²) >= 11 is 5.88. The number of aryl methyl sites for hydroxylation is 1. The van der Waals surface area contributed by atoms with Crippen LogP contribution in [0.4, 0.5) is 10.5 Å². The Labute approximate surface area is 167 Å². The van der Waals surface area contributed by atoms with E-state index in [0.29, 0.717) is 40.5 Å². The van der Waals surface area contributed by atoms with Crippen molar-refractivity contribution >= 4 is 34.6 Å². The summed E-state index contributed by atoms with van der Waals surface area (Å²) in [6, 6.07) is 12.3. The van der Waals surface area contributed by atoms with Crippen LogP contribution in [0.2, 0.25) is 5.02 Å². The minimum atomic E-state index is -0.274. The molecule has 0 spiro atoms. The van der Waals surface area contributed by atoms with Crippen molar-refractivity contribution in [3.63, 3.8) is 0 Å². The van der Waals surface area contributed by atoms with Crippen LogP contribution in [-0.2, 0) is 0 Å². The van der Waals surface area contributed by atoms with E-state index in [1.807, 2.05) is 31.3 Å². The van der Waals surface area contributed by atoms with Crippen LogP contribution in [0.3, 0.4) is 0 Å². The van der Waals surface area contributed by atoms with E-state index in [0.717, 1.165) is 11.9 Å². The molecule has 1 aromatic carbocycles. The molecule has 0 unspecified atom stereocenters. The van der Waals surface area contributed by atoms with Crippen LogP contribution in [0.15, 0.2) is 60.4 Å². The van der Waals surface area contributed by atoms with Crippen LogP contribution in [0, 0.1) is 6.92 Å². The summed E-state index contributed by atoms with van der Waals surface area (Å²) in [4.78, 5) is 27.3. The summed E-state index contributed by atoms with van der Waals surface area (Å²) in [5.74, 6) is -0.0808. The maximum Gasteiger partial charge on any atom is 0.325 e. The Morgan fingerprint density at radius 3 is 2.71 bits per heavy atom. The van der Waals surface area contributed by atoms with Crippen molar-refractivity contribution in [3.8, 4) is 0 Å². The number of anilines is 1. The summed E-state index contributed by atoms with van der Waals surface area (Å²) in [6.45, 7) is 2.39. The first-order chi connectivity index (χ1) is 13.5. The normalized spacial score (nSPS) is 14.1. The van der Waals surface area contributed by atoms with Crippen LogP contribution in [0.1, 0.15) is 28.9 Å². The number of hydrogen-bond donors (Lipinski definition) is 1. The second-order valence-electron chi connectivity index (χ2n) is 6.71. The molecule has 0 fully saturated rings. The first kappa shape index (κ1) is 18.3. The fraction of sp³-hybridized carbons (Fsp3) is 0.190. The van der Waals surface area contributed by atoms with Gasteiger partial charge in [-0.15, -0.1) is 0 Å². The van der Waals surface area contributed by atoms with Crippen LogP contribution in [0.25, 0.3) is 5.52 Å². The second kappa shape index (κ2) is 7.48. The number of hydrogen-bond acceptors (Lipinski definition) is 3. The molecule has 0 aliphatic carbocycles. The number of allylic oxidation sites excluding steroid dienone is 1. The third kappa shape index (κ3) is 3.51. The molecule has 0 bridgehead atoms. The first-order valence-electron chi connectivity index (χ1n) is 9.05. The minimum Gasteiger partial charge on any atom is -0.308 e. The van der Waals surface area contributed by atoms with Crippen molar-refractivity contribution < 1.29 is 9.59 Å². The average molecular weight is 395 g/mol. The summed E-state index contributed by atoms with van der Waals surface area (Å²) < 4.78 is 1.71. The van der Waals surface area contributed by atoms with Crippen molar-refractivity contribution in [3.05, 3.63) is 76.7 Å². The fourth-order valence-corrected chi connectivity index (χ4v) is 3.50. The van der Waals surface area contributed by atoms with Crippen LogP contribution >= 0.6 is 11.6 Å². The lowest BCUT2D eigenvalue weighted by Crippen LogP contribution is -2.34. The first-order valence-corrected chi connectivity index (χ1v) is 9.43. The molecule has 4 rings (SSSR count). The average Bonchev–Trinajstić information content (AvgIpc) is 3.05. The van der Waals surface area contributed by atoms with Crippen molar-refractivity contribution in [2.75, 3.05) is 11.9 Å². The van der Waals surface area contributed by atoms with E-state index in [1.54, 1.807) is 39.9 Å². The van der Waals surface area contributed by atoms with E-state index < -0.39 is 0 Å². The highest BCUT2D eigenvalue weighted by atomic mass is 35.5. The van der Waals surface area contributed by atoms with E-state index in [9.17, 15) is 9.59 Å². The quantitative estimate of drug-likeness (QED) is 0.655. The largest absolute Gasteiger partial charge is 0.325 e. The molecule has 0 saturated carbocycles. The number of carbonyl (C=O) groups is 2. The number of pyridine rings is 1. The Balaban J connectivity index is 1.58. The lowest BCUT2D eigenvalue weighted by Gasteiger charge is -2.25. The molecule has 28 heavy (non-hydrogen) atoms. The number of nitrogens with zero attached hydrogens (tertiary/aromatic N) is 3. The second-order valence-corrected chi connectivity index (χ2v) is 7.14. The number of amides is 2. The lowest BCUT2D eigenvalue weighted by atomic mass is 9.97. The van der Waals surface area contributed by atoms with Gasteiger partial charge in [0, 0.05) is 35.2 Å². The molecule has 0 saturated heterocycles. The molecule has 1 aliphatic rings. The number of fused-ring (bicyclic) bond motifs is 1.